The Balaban J connectivity index is 1.31. The molecule has 5 atom stereocenters. The van der Waals surface area contributed by atoms with Gasteiger partial charge in [-0.3, -0.25) is 14.4 Å². The Morgan fingerprint density at radius 3 is 2.50 bits per heavy atom. The summed E-state index contributed by atoms with van der Waals surface area (Å²) in [6, 6.07) is 4.74. The largest absolute Gasteiger partial charge is 0.359 e. The number of aryl methyl sites for hydroxylation is 1. The summed E-state index contributed by atoms with van der Waals surface area (Å²) in [6.07, 6.45) is 12.4. The van der Waals surface area contributed by atoms with E-state index < -0.39 is 29.6 Å². The van der Waals surface area contributed by atoms with E-state index in [-0.39, 0.29) is 29.8 Å². The zero-order chi connectivity index (χ0) is 26.6. The quantitative estimate of drug-likeness (QED) is 0.528. The van der Waals surface area contributed by atoms with E-state index in [1.165, 1.54) is 6.42 Å². The monoisotopic (exact) mass is 539 g/mol. The highest BCUT2D eigenvalue weighted by atomic mass is 35.5. The van der Waals surface area contributed by atoms with Crippen molar-refractivity contribution in [2.45, 2.75) is 101 Å². The topological polar surface area (TPSA) is 87.7 Å². The Kier molecular flexibility index (Phi) is 6.79. The van der Waals surface area contributed by atoms with E-state index in [4.69, 9.17) is 16.3 Å². The molecule has 5 aliphatic rings. The molecule has 8 heteroatoms. The lowest BCUT2D eigenvalue weighted by atomic mass is 9.74. The van der Waals surface area contributed by atoms with Crippen LogP contribution in [0.4, 0.5) is 5.69 Å². The lowest BCUT2D eigenvalue weighted by Gasteiger charge is -2.40. The first-order valence-corrected chi connectivity index (χ1v) is 14.7. The fourth-order valence-electron chi connectivity index (χ4n) is 7.54. The second kappa shape index (κ2) is 9.98. The molecule has 38 heavy (non-hydrogen) atoms. The predicted octanol–water partition coefficient (Wildman–Crippen LogP) is 4.77. The number of likely N-dealkylation sites (tertiary alicyclic amines) is 1. The van der Waals surface area contributed by atoms with Crippen LogP contribution in [0.25, 0.3) is 0 Å². The van der Waals surface area contributed by atoms with Gasteiger partial charge in [0, 0.05) is 22.8 Å². The van der Waals surface area contributed by atoms with E-state index >= 15 is 0 Å². The molecular formula is C30H38ClN3O4. The number of ether oxygens (including phenoxy) is 1. The van der Waals surface area contributed by atoms with Gasteiger partial charge < -0.3 is 20.3 Å². The molecule has 2 saturated carbocycles. The molecule has 1 spiro atoms. The standard InChI is InChI=1S/C30H38ClN3O4/c1-17-8-12-21(13-9-17)34-26(28(36)32-19-6-4-3-5-7-19)30-15-14-23(38-30)24(25(30)29(34)37)27(35)33-20-11-10-18(2)22(31)16-20/h10-11,14-17,19,21,23-26H,3-9,12-13H2,1-2H3,(H,32,36)(H,33,35)/t17?,21?,23-,24-,25-,26-,30-/m0/s1. The lowest BCUT2D eigenvalue weighted by Crippen LogP contribution is -2.58. The maximum absolute atomic E-state index is 14.3. The van der Waals surface area contributed by atoms with E-state index in [1.54, 1.807) is 6.07 Å². The van der Waals surface area contributed by atoms with Crippen LogP contribution in [-0.2, 0) is 19.1 Å². The summed E-state index contributed by atoms with van der Waals surface area (Å²) >= 11 is 6.29. The van der Waals surface area contributed by atoms with Crippen molar-refractivity contribution in [3.8, 4) is 0 Å². The number of nitrogens with one attached hydrogen (secondary N) is 2. The Hall–Kier alpha value is -2.38. The maximum Gasteiger partial charge on any atom is 0.246 e. The van der Waals surface area contributed by atoms with Gasteiger partial charge in [0.25, 0.3) is 0 Å². The summed E-state index contributed by atoms with van der Waals surface area (Å²) < 4.78 is 6.51. The van der Waals surface area contributed by atoms with Gasteiger partial charge in [0.2, 0.25) is 17.7 Å². The van der Waals surface area contributed by atoms with Gasteiger partial charge >= 0.3 is 0 Å². The van der Waals surface area contributed by atoms with Gasteiger partial charge in [-0.1, -0.05) is 56.0 Å². The molecule has 2 bridgehead atoms. The number of hydrogen-bond acceptors (Lipinski definition) is 4. The number of rotatable bonds is 5. The molecule has 3 heterocycles. The number of amides is 3. The molecule has 7 nitrogen and oxygen atoms in total. The molecule has 3 amide bonds. The van der Waals surface area contributed by atoms with Gasteiger partial charge in [0.1, 0.15) is 11.6 Å². The summed E-state index contributed by atoms with van der Waals surface area (Å²) in [5.74, 6) is -1.34. The minimum Gasteiger partial charge on any atom is -0.359 e. The third kappa shape index (κ3) is 4.26. The molecule has 2 saturated heterocycles. The van der Waals surface area contributed by atoms with E-state index in [0.29, 0.717) is 16.6 Å². The Morgan fingerprint density at radius 1 is 1.05 bits per heavy atom. The van der Waals surface area contributed by atoms with Gasteiger partial charge in [-0.2, -0.15) is 0 Å². The van der Waals surface area contributed by atoms with E-state index in [9.17, 15) is 14.4 Å². The molecule has 2 aliphatic carbocycles. The van der Waals surface area contributed by atoms with Crippen molar-refractivity contribution in [1.29, 1.82) is 0 Å². The van der Waals surface area contributed by atoms with Crippen LogP contribution in [-0.4, -0.2) is 52.5 Å². The number of nitrogens with zero attached hydrogens (tertiary/aromatic N) is 1. The Bertz CT molecular complexity index is 1160. The van der Waals surface area contributed by atoms with Crippen molar-refractivity contribution in [1.82, 2.24) is 10.2 Å². The van der Waals surface area contributed by atoms with Gasteiger partial charge in [0.15, 0.2) is 0 Å². The van der Waals surface area contributed by atoms with Crippen LogP contribution in [0.15, 0.2) is 30.4 Å². The molecule has 0 aromatic heterocycles. The SMILES string of the molecule is Cc1ccc(NC(=O)[C@H]2[C@@H]3C=C[C@]4(O3)[C@@H]2C(=O)N(C2CCC(C)CC2)[C@H]4C(=O)NC2CCCCC2)cc1Cl. The van der Waals surface area contributed by atoms with E-state index in [0.717, 1.165) is 56.9 Å². The molecule has 1 aromatic carbocycles. The molecule has 4 fully saturated rings. The molecule has 0 radical (unpaired) electrons. The van der Waals surface area contributed by atoms with Crippen LogP contribution in [0, 0.1) is 24.7 Å². The van der Waals surface area contributed by atoms with Gasteiger partial charge in [-0.25, -0.2) is 0 Å². The molecule has 2 N–H and O–H groups in total. The fourth-order valence-corrected chi connectivity index (χ4v) is 7.72. The predicted molar refractivity (Wildman–Crippen MR) is 146 cm³/mol. The summed E-state index contributed by atoms with van der Waals surface area (Å²) in [4.78, 5) is 43.7. The second-order valence-corrected chi connectivity index (χ2v) is 12.6. The highest BCUT2D eigenvalue weighted by Gasteiger charge is 2.73. The van der Waals surface area contributed by atoms with Crippen molar-refractivity contribution in [3.05, 3.63) is 40.9 Å². The number of benzene rings is 1. The zero-order valence-corrected chi connectivity index (χ0v) is 23.0. The van der Waals surface area contributed by atoms with Crippen LogP contribution >= 0.6 is 11.6 Å². The molecule has 1 aromatic rings. The average Bonchev–Trinajstić information content (AvgIpc) is 3.55. The highest BCUT2D eigenvalue weighted by molar-refractivity contribution is 6.31. The van der Waals surface area contributed by atoms with Crippen molar-refractivity contribution in [2.75, 3.05) is 5.32 Å². The van der Waals surface area contributed by atoms with Crippen molar-refractivity contribution in [2.24, 2.45) is 17.8 Å². The normalized spacial score (nSPS) is 36.4. The first-order valence-electron chi connectivity index (χ1n) is 14.4. The molecule has 204 valence electrons. The second-order valence-electron chi connectivity index (χ2n) is 12.2. The Morgan fingerprint density at radius 2 is 1.79 bits per heavy atom. The van der Waals surface area contributed by atoms with Crippen LogP contribution in [0.1, 0.15) is 70.3 Å². The molecule has 6 rings (SSSR count). The number of fused-ring (bicyclic) bond motifs is 1. The first kappa shape index (κ1) is 25.9. The fraction of sp³-hybridized carbons (Fsp3) is 0.633. The number of carbonyl (C=O) groups is 3. The third-order valence-electron chi connectivity index (χ3n) is 9.63. The minimum absolute atomic E-state index is 0.0172. The Labute approximate surface area is 229 Å². The van der Waals surface area contributed by atoms with Gasteiger partial charge in [0.05, 0.1) is 17.9 Å². The molecular weight excluding hydrogens is 502 g/mol. The molecule has 0 unspecified atom stereocenters. The number of hydrogen-bond donors (Lipinski definition) is 2. The lowest BCUT2D eigenvalue weighted by molar-refractivity contribution is -0.145. The highest BCUT2D eigenvalue weighted by Crippen LogP contribution is 2.56. The number of anilines is 1. The average molecular weight is 540 g/mol. The van der Waals surface area contributed by atoms with Crippen molar-refractivity contribution in [3.63, 3.8) is 0 Å². The summed E-state index contributed by atoms with van der Waals surface area (Å²) in [5, 5.41) is 6.82. The van der Waals surface area contributed by atoms with E-state index in [2.05, 4.69) is 17.6 Å². The van der Waals surface area contributed by atoms with Crippen molar-refractivity contribution < 1.29 is 19.1 Å². The van der Waals surface area contributed by atoms with E-state index in [1.807, 2.05) is 36.1 Å². The van der Waals surface area contributed by atoms with Gasteiger partial charge in [-0.05, 0) is 69.1 Å². The zero-order valence-electron chi connectivity index (χ0n) is 22.3. The summed E-state index contributed by atoms with van der Waals surface area (Å²) in [6.45, 7) is 4.15. The van der Waals surface area contributed by atoms with Crippen LogP contribution in [0.5, 0.6) is 0 Å². The smallest absolute Gasteiger partial charge is 0.246 e. The summed E-state index contributed by atoms with van der Waals surface area (Å²) in [5.41, 5.74) is 0.392. The van der Waals surface area contributed by atoms with Crippen LogP contribution < -0.4 is 10.6 Å². The maximum atomic E-state index is 14.3. The minimum atomic E-state index is -1.11. The van der Waals surface area contributed by atoms with Crippen LogP contribution in [0.2, 0.25) is 5.02 Å². The van der Waals surface area contributed by atoms with Crippen LogP contribution in [0.3, 0.4) is 0 Å². The number of halogens is 1. The number of carbonyl (C=O) groups excluding carboxylic acids is 3. The molecule has 3 aliphatic heterocycles. The van der Waals surface area contributed by atoms with Gasteiger partial charge in [-0.15, -0.1) is 0 Å². The third-order valence-corrected chi connectivity index (χ3v) is 10.0. The summed E-state index contributed by atoms with van der Waals surface area (Å²) in [7, 11) is 0. The first-order chi connectivity index (χ1) is 18.3. The van der Waals surface area contributed by atoms with Crippen molar-refractivity contribution >= 4 is 35.0 Å².